The molecule has 2 heterocycles. The Balaban J connectivity index is 1.53. The summed E-state index contributed by atoms with van der Waals surface area (Å²) in [6, 6.07) is 10.2. The van der Waals surface area contributed by atoms with Crippen molar-refractivity contribution in [2.75, 3.05) is 13.1 Å². The first-order valence-corrected chi connectivity index (χ1v) is 14.5. The van der Waals surface area contributed by atoms with Gasteiger partial charge in [0.15, 0.2) is 14.6 Å². The molecule has 1 aromatic carbocycles. The lowest BCUT2D eigenvalue weighted by Gasteiger charge is -2.40. The lowest BCUT2D eigenvalue weighted by Crippen LogP contribution is -2.56. The minimum absolute atomic E-state index is 0.00506. The van der Waals surface area contributed by atoms with E-state index < -0.39 is 38.8 Å². The first kappa shape index (κ1) is 28.5. The fourth-order valence-electron chi connectivity index (χ4n) is 4.91. The van der Waals surface area contributed by atoms with Crippen molar-refractivity contribution >= 4 is 15.8 Å². The second-order valence-electron chi connectivity index (χ2n) is 11.3. The number of rotatable bonds is 8. The molecule has 1 saturated carbocycles. The van der Waals surface area contributed by atoms with E-state index in [4.69, 9.17) is 4.74 Å². The van der Waals surface area contributed by atoms with Gasteiger partial charge >= 0.3 is 12.1 Å². The molecule has 0 bridgehead atoms. The zero-order valence-corrected chi connectivity index (χ0v) is 22.9. The van der Waals surface area contributed by atoms with Crippen LogP contribution in [0.2, 0.25) is 0 Å². The van der Waals surface area contributed by atoms with Crippen molar-refractivity contribution in [3.63, 3.8) is 0 Å². The number of carbonyl (C=O) groups is 1. The van der Waals surface area contributed by atoms with Crippen molar-refractivity contribution in [2.24, 2.45) is 0 Å². The first-order chi connectivity index (χ1) is 17.7. The molecule has 10 heteroatoms. The molecule has 0 spiro atoms. The summed E-state index contributed by atoms with van der Waals surface area (Å²) in [6.07, 6.45) is -0.628. The number of aryl methyl sites for hydroxylation is 1. The monoisotopic (exact) mass is 552 g/mol. The highest BCUT2D eigenvalue weighted by molar-refractivity contribution is 7.93. The number of carbonyl (C=O) groups excluding carboxylic acids is 1. The van der Waals surface area contributed by atoms with Crippen LogP contribution in [0.3, 0.4) is 0 Å². The van der Waals surface area contributed by atoms with Crippen LogP contribution < -0.4 is 0 Å². The van der Waals surface area contributed by atoms with Gasteiger partial charge in [-0.3, -0.25) is 9.78 Å². The van der Waals surface area contributed by atoms with Gasteiger partial charge in [0, 0.05) is 37.3 Å². The number of nitrogens with zero attached hydrogens (tertiary/aromatic N) is 2. The quantitative estimate of drug-likeness (QED) is 0.389. The Kier molecular flexibility index (Phi) is 7.96. The number of ether oxygens (including phenoxy) is 1. The van der Waals surface area contributed by atoms with Crippen LogP contribution in [0.1, 0.15) is 64.9 Å². The van der Waals surface area contributed by atoms with E-state index in [2.05, 4.69) is 9.88 Å². The van der Waals surface area contributed by atoms with Gasteiger partial charge in [0.05, 0.1) is 10.6 Å². The van der Waals surface area contributed by atoms with Crippen molar-refractivity contribution in [3.8, 4) is 11.3 Å². The van der Waals surface area contributed by atoms with Crippen molar-refractivity contribution in [1.29, 1.82) is 0 Å². The number of hydrogen-bond donors (Lipinski definition) is 0. The number of halogens is 3. The number of benzene rings is 1. The molecule has 2 aliphatic rings. The molecule has 1 aliphatic heterocycles. The van der Waals surface area contributed by atoms with Gasteiger partial charge in [-0.25, -0.2) is 8.42 Å². The van der Waals surface area contributed by atoms with Crippen LogP contribution in [-0.4, -0.2) is 59.9 Å². The number of hydrogen-bond acceptors (Lipinski definition) is 6. The SMILES string of the molecule is CC(C)(C)OC(=O)C1(S(=O)(=O)c2ccc(-c3ccc(CCCC(F)(F)F)cn3)cc2)CCN(C2CC2)CC1. The Labute approximate surface area is 222 Å². The van der Waals surface area contributed by atoms with Gasteiger partial charge in [0.1, 0.15) is 5.60 Å². The van der Waals surface area contributed by atoms with Crippen molar-refractivity contribution < 1.29 is 31.1 Å². The summed E-state index contributed by atoms with van der Waals surface area (Å²) in [5.74, 6) is -0.702. The average molecular weight is 553 g/mol. The molecule has 1 aliphatic carbocycles. The van der Waals surface area contributed by atoms with Gasteiger partial charge in [-0.2, -0.15) is 13.2 Å². The Morgan fingerprint density at radius 2 is 1.68 bits per heavy atom. The third-order valence-corrected chi connectivity index (χ3v) is 9.66. The summed E-state index contributed by atoms with van der Waals surface area (Å²) >= 11 is 0. The highest BCUT2D eigenvalue weighted by Gasteiger charge is 2.55. The van der Waals surface area contributed by atoms with E-state index in [0.717, 1.165) is 12.8 Å². The van der Waals surface area contributed by atoms with E-state index in [9.17, 15) is 26.4 Å². The van der Waals surface area contributed by atoms with Gasteiger partial charge in [-0.15, -0.1) is 0 Å². The van der Waals surface area contributed by atoms with E-state index in [1.165, 1.54) is 12.1 Å². The summed E-state index contributed by atoms with van der Waals surface area (Å²) in [6.45, 7) is 6.25. The van der Waals surface area contributed by atoms with Gasteiger partial charge in [0.2, 0.25) is 0 Å². The molecule has 38 heavy (non-hydrogen) atoms. The number of aromatic nitrogens is 1. The molecule has 0 N–H and O–H groups in total. The number of esters is 1. The third kappa shape index (κ3) is 6.57. The molecule has 6 nitrogen and oxygen atoms in total. The highest BCUT2D eigenvalue weighted by atomic mass is 32.2. The molecule has 0 unspecified atom stereocenters. The zero-order valence-electron chi connectivity index (χ0n) is 22.1. The Hall–Kier alpha value is -2.46. The number of likely N-dealkylation sites (tertiary alicyclic amines) is 1. The maximum absolute atomic E-state index is 14.0. The van der Waals surface area contributed by atoms with Crippen molar-refractivity contribution in [3.05, 3.63) is 48.2 Å². The molecule has 0 radical (unpaired) electrons. The normalized spacial score (nSPS) is 18.8. The topological polar surface area (TPSA) is 76.6 Å². The smallest absolute Gasteiger partial charge is 0.389 e. The van der Waals surface area contributed by atoms with Crippen LogP contribution in [0.15, 0.2) is 47.5 Å². The van der Waals surface area contributed by atoms with Crippen LogP contribution in [-0.2, 0) is 25.8 Å². The number of alkyl halides is 3. The predicted octanol–water partition coefficient (Wildman–Crippen LogP) is 5.75. The molecule has 4 rings (SSSR count). The Morgan fingerprint density at radius 1 is 1.05 bits per heavy atom. The zero-order chi connectivity index (χ0) is 27.8. The summed E-state index contributed by atoms with van der Waals surface area (Å²) in [4.78, 5) is 20.1. The van der Waals surface area contributed by atoms with Crippen molar-refractivity contribution in [2.45, 2.75) is 93.2 Å². The highest BCUT2D eigenvalue weighted by Crippen LogP contribution is 2.41. The molecular weight excluding hydrogens is 517 g/mol. The van der Waals surface area contributed by atoms with E-state index in [1.807, 2.05) is 0 Å². The minimum Gasteiger partial charge on any atom is -0.459 e. The number of pyridine rings is 1. The van der Waals surface area contributed by atoms with Crippen LogP contribution in [0.25, 0.3) is 11.3 Å². The molecule has 208 valence electrons. The fourth-order valence-corrected chi connectivity index (χ4v) is 6.84. The van der Waals surface area contributed by atoms with E-state index in [-0.39, 0.29) is 30.6 Å². The van der Waals surface area contributed by atoms with Gasteiger partial charge in [-0.05, 0) is 83.1 Å². The molecule has 0 amide bonds. The van der Waals surface area contributed by atoms with Crippen LogP contribution in [0.5, 0.6) is 0 Å². The summed E-state index contributed by atoms with van der Waals surface area (Å²) < 4.78 is 69.1. The largest absolute Gasteiger partial charge is 0.459 e. The van der Waals surface area contributed by atoms with Crippen LogP contribution in [0, 0.1) is 0 Å². The molecule has 1 aromatic heterocycles. The molecule has 0 atom stereocenters. The second-order valence-corrected chi connectivity index (χ2v) is 13.6. The average Bonchev–Trinajstić information content (AvgIpc) is 3.68. The van der Waals surface area contributed by atoms with E-state index in [1.54, 1.807) is 51.2 Å². The standard InChI is InChI=1S/C28H35F3N2O4S/c1-26(2,3)37-25(34)27(15-17-33(18-16-27)22-9-10-22)38(35,36)23-11-7-21(8-12-23)24-13-6-20(19-32-24)5-4-14-28(29,30)31/h6-8,11-13,19,22H,4-5,9-10,14-18H2,1-3H3. The number of sulfone groups is 1. The minimum atomic E-state index is -4.17. The lowest BCUT2D eigenvalue weighted by atomic mass is 9.95. The summed E-state index contributed by atoms with van der Waals surface area (Å²) in [5.41, 5.74) is 1.13. The first-order valence-electron chi connectivity index (χ1n) is 13.0. The maximum Gasteiger partial charge on any atom is 0.389 e. The molecule has 2 fully saturated rings. The summed E-state index contributed by atoms with van der Waals surface area (Å²) in [7, 11) is -4.07. The summed E-state index contributed by atoms with van der Waals surface area (Å²) in [5, 5.41) is 0. The van der Waals surface area contributed by atoms with Gasteiger partial charge in [-0.1, -0.05) is 18.2 Å². The van der Waals surface area contributed by atoms with Crippen molar-refractivity contribution in [1.82, 2.24) is 9.88 Å². The van der Waals surface area contributed by atoms with E-state index >= 15 is 0 Å². The Bertz CT molecular complexity index is 1220. The van der Waals surface area contributed by atoms with Crippen LogP contribution in [0.4, 0.5) is 13.2 Å². The van der Waals surface area contributed by atoms with Crippen LogP contribution >= 0.6 is 0 Å². The second kappa shape index (κ2) is 10.6. The molecule has 1 saturated heterocycles. The lowest BCUT2D eigenvalue weighted by molar-refractivity contribution is -0.159. The van der Waals surface area contributed by atoms with Gasteiger partial charge < -0.3 is 9.64 Å². The van der Waals surface area contributed by atoms with E-state index in [0.29, 0.717) is 36.0 Å². The Morgan fingerprint density at radius 3 is 2.18 bits per heavy atom. The predicted molar refractivity (Wildman–Crippen MR) is 138 cm³/mol. The number of piperidine rings is 1. The third-order valence-electron chi connectivity index (χ3n) is 7.17. The fraction of sp³-hybridized carbons (Fsp3) is 0.571. The molecular formula is C28H35F3N2O4S. The molecule has 2 aromatic rings. The maximum atomic E-state index is 14.0. The van der Waals surface area contributed by atoms with Gasteiger partial charge in [0.25, 0.3) is 0 Å².